The van der Waals surface area contributed by atoms with Gasteiger partial charge < -0.3 is 10.1 Å². The van der Waals surface area contributed by atoms with Gasteiger partial charge >= 0.3 is 0 Å². The lowest BCUT2D eigenvalue weighted by Crippen LogP contribution is -2.03. The molecule has 1 heterocycles. The lowest BCUT2D eigenvalue weighted by atomic mass is 10.2. The minimum absolute atomic E-state index is 0.215. The molecule has 0 fully saturated rings. The number of pyridine rings is 1. The van der Waals surface area contributed by atoms with Gasteiger partial charge in [-0.1, -0.05) is 6.92 Å². The minimum atomic E-state index is -0.215. The normalized spacial score (nSPS) is 10.3. The molecule has 0 aliphatic heterocycles. The molecule has 4 heteroatoms. The summed E-state index contributed by atoms with van der Waals surface area (Å²) < 4.78 is 18.8. The molecule has 2 rings (SSSR count). The first-order valence-corrected chi connectivity index (χ1v) is 6.77. The van der Waals surface area contributed by atoms with Crippen LogP contribution in [-0.2, 0) is 6.61 Å². The van der Waals surface area contributed by atoms with Crippen molar-refractivity contribution in [1.29, 1.82) is 0 Å². The van der Waals surface area contributed by atoms with Crippen molar-refractivity contribution in [2.24, 2.45) is 0 Å². The van der Waals surface area contributed by atoms with Gasteiger partial charge in [-0.2, -0.15) is 0 Å². The van der Waals surface area contributed by atoms with E-state index >= 15 is 0 Å². The molecule has 0 spiro atoms. The van der Waals surface area contributed by atoms with Crippen molar-refractivity contribution in [3.05, 3.63) is 53.5 Å². The summed E-state index contributed by atoms with van der Waals surface area (Å²) >= 11 is 0. The summed E-state index contributed by atoms with van der Waals surface area (Å²) in [6.07, 6.45) is 2.81. The van der Waals surface area contributed by atoms with E-state index in [1.54, 1.807) is 25.3 Å². The van der Waals surface area contributed by atoms with Crippen molar-refractivity contribution in [3.63, 3.8) is 0 Å². The second-order valence-corrected chi connectivity index (χ2v) is 4.68. The number of hydrogen-bond donors (Lipinski definition) is 1. The molecule has 0 atom stereocenters. The highest BCUT2D eigenvalue weighted by molar-refractivity contribution is 5.37. The maximum atomic E-state index is 13.2. The monoisotopic (exact) mass is 274 g/mol. The van der Waals surface area contributed by atoms with Crippen LogP contribution >= 0.6 is 0 Å². The highest BCUT2D eigenvalue weighted by Gasteiger charge is 2.01. The van der Waals surface area contributed by atoms with E-state index in [4.69, 9.17) is 4.74 Å². The van der Waals surface area contributed by atoms with E-state index < -0.39 is 0 Å². The molecule has 1 N–H and O–H groups in total. The van der Waals surface area contributed by atoms with Gasteiger partial charge in [0.05, 0.1) is 0 Å². The quantitative estimate of drug-likeness (QED) is 0.866. The molecule has 0 saturated heterocycles. The van der Waals surface area contributed by atoms with Gasteiger partial charge in [0, 0.05) is 12.7 Å². The lowest BCUT2D eigenvalue weighted by molar-refractivity contribution is 0.305. The van der Waals surface area contributed by atoms with Crippen molar-refractivity contribution in [3.8, 4) is 5.75 Å². The minimum Gasteiger partial charge on any atom is -0.489 e. The van der Waals surface area contributed by atoms with Crippen molar-refractivity contribution < 1.29 is 9.13 Å². The van der Waals surface area contributed by atoms with Crippen LogP contribution in [0.25, 0.3) is 0 Å². The fourth-order valence-corrected chi connectivity index (χ4v) is 1.79. The summed E-state index contributed by atoms with van der Waals surface area (Å²) in [7, 11) is 0. The number of anilines is 1. The first-order valence-electron chi connectivity index (χ1n) is 6.77. The van der Waals surface area contributed by atoms with Crippen LogP contribution in [0.3, 0.4) is 0 Å². The van der Waals surface area contributed by atoms with Gasteiger partial charge in [-0.05, 0) is 54.8 Å². The van der Waals surface area contributed by atoms with E-state index in [1.807, 2.05) is 12.1 Å². The molecule has 0 bridgehead atoms. The Bertz CT molecular complexity index is 572. The first-order chi connectivity index (χ1) is 9.69. The number of nitrogens with one attached hydrogen (secondary N) is 1. The van der Waals surface area contributed by atoms with E-state index in [2.05, 4.69) is 17.2 Å². The average molecular weight is 274 g/mol. The Balaban J connectivity index is 1.97. The van der Waals surface area contributed by atoms with Crippen LogP contribution in [0.5, 0.6) is 5.75 Å². The van der Waals surface area contributed by atoms with Gasteiger partial charge in [0.15, 0.2) is 0 Å². The third-order valence-electron chi connectivity index (χ3n) is 2.92. The van der Waals surface area contributed by atoms with Crippen LogP contribution in [0, 0.1) is 12.7 Å². The van der Waals surface area contributed by atoms with Gasteiger partial charge in [-0.25, -0.2) is 9.37 Å². The molecule has 0 aliphatic carbocycles. The van der Waals surface area contributed by atoms with Crippen molar-refractivity contribution >= 4 is 5.82 Å². The molecule has 106 valence electrons. The van der Waals surface area contributed by atoms with Crippen molar-refractivity contribution in [1.82, 2.24) is 4.98 Å². The van der Waals surface area contributed by atoms with Crippen LogP contribution in [0.1, 0.15) is 24.5 Å². The fourth-order valence-electron chi connectivity index (χ4n) is 1.79. The molecule has 2 aromatic rings. The largest absolute Gasteiger partial charge is 0.489 e. The van der Waals surface area contributed by atoms with E-state index in [1.165, 1.54) is 6.07 Å². The molecule has 20 heavy (non-hydrogen) atoms. The molecule has 0 amide bonds. The Kier molecular flexibility index (Phi) is 4.93. The number of hydrogen-bond acceptors (Lipinski definition) is 3. The topological polar surface area (TPSA) is 34.1 Å². The van der Waals surface area contributed by atoms with Gasteiger partial charge in [-0.15, -0.1) is 0 Å². The van der Waals surface area contributed by atoms with Gasteiger partial charge in [0.25, 0.3) is 0 Å². The zero-order valence-corrected chi connectivity index (χ0v) is 11.8. The van der Waals surface area contributed by atoms with Crippen LogP contribution in [0.4, 0.5) is 10.2 Å². The van der Waals surface area contributed by atoms with Gasteiger partial charge in [-0.3, -0.25) is 0 Å². The highest BCUT2D eigenvalue weighted by atomic mass is 19.1. The maximum Gasteiger partial charge on any atom is 0.126 e. The smallest absolute Gasteiger partial charge is 0.126 e. The number of benzene rings is 1. The molecule has 1 aromatic heterocycles. The summed E-state index contributed by atoms with van der Waals surface area (Å²) in [5.74, 6) is 1.30. The second-order valence-electron chi connectivity index (χ2n) is 4.68. The maximum absolute atomic E-state index is 13.2. The van der Waals surface area contributed by atoms with Crippen molar-refractivity contribution in [2.45, 2.75) is 26.9 Å². The molecule has 0 saturated carbocycles. The predicted octanol–water partition coefficient (Wildman–Crippen LogP) is 3.93. The molecule has 0 aliphatic rings. The highest BCUT2D eigenvalue weighted by Crippen LogP contribution is 2.17. The Morgan fingerprint density at radius 3 is 2.85 bits per heavy atom. The third kappa shape index (κ3) is 3.95. The Hall–Kier alpha value is -2.10. The zero-order chi connectivity index (χ0) is 14.4. The van der Waals surface area contributed by atoms with Crippen LogP contribution in [-0.4, -0.2) is 11.5 Å². The number of aromatic nitrogens is 1. The van der Waals surface area contributed by atoms with E-state index in [0.717, 1.165) is 24.3 Å². The SMILES string of the molecule is CCCNc1cc(COc2ccc(F)c(C)c2)ccn1. The van der Waals surface area contributed by atoms with Gasteiger partial charge in [0.1, 0.15) is 24.0 Å². The third-order valence-corrected chi connectivity index (χ3v) is 2.92. The summed E-state index contributed by atoms with van der Waals surface area (Å²) in [6.45, 7) is 5.17. The molecular weight excluding hydrogens is 255 g/mol. The molecule has 1 aromatic carbocycles. The Labute approximate surface area is 118 Å². The fraction of sp³-hybridized carbons (Fsp3) is 0.312. The summed E-state index contributed by atoms with van der Waals surface area (Å²) in [6, 6.07) is 8.64. The summed E-state index contributed by atoms with van der Waals surface area (Å²) in [5.41, 5.74) is 1.61. The van der Waals surface area contributed by atoms with E-state index in [-0.39, 0.29) is 5.82 Å². The van der Waals surface area contributed by atoms with E-state index in [0.29, 0.717) is 17.9 Å². The first kappa shape index (κ1) is 14.3. The zero-order valence-electron chi connectivity index (χ0n) is 11.8. The van der Waals surface area contributed by atoms with Gasteiger partial charge in [0.2, 0.25) is 0 Å². The molecule has 0 unspecified atom stereocenters. The molecule has 3 nitrogen and oxygen atoms in total. The number of nitrogens with zero attached hydrogens (tertiary/aromatic N) is 1. The van der Waals surface area contributed by atoms with Crippen molar-refractivity contribution in [2.75, 3.05) is 11.9 Å². The number of rotatable bonds is 6. The van der Waals surface area contributed by atoms with Crippen LogP contribution in [0.2, 0.25) is 0 Å². The second kappa shape index (κ2) is 6.89. The number of ether oxygens (including phenoxy) is 1. The molecular formula is C16H19FN2O. The number of halogens is 1. The summed E-state index contributed by atoms with van der Waals surface area (Å²) in [4.78, 5) is 4.24. The van der Waals surface area contributed by atoms with Crippen LogP contribution in [0.15, 0.2) is 36.5 Å². The average Bonchev–Trinajstić information content (AvgIpc) is 2.47. The Morgan fingerprint density at radius 2 is 2.10 bits per heavy atom. The predicted molar refractivity (Wildman–Crippen MR) is 78.5 cm³/mol. The van der Waals surface area contributed by atoms with Crippen LogP contribution < -0.4 is 10.1 Å². The Morgan fingerprint density at radius 1 is 1.25 bits per heavy atom. The summed E-state index contributed by atoms with van der Waals surface area (Å²) in [5, 5.41) is 3.23. The van der Waals surface area contributed by atoms with E-state index in [9.17, 15) is 4.39 Å². The standard InChI is InChI=1S/C16H19FN2O/c1-3-7-18-16-10-13(6-8-19-16)11-20-14-4-5-15(17)12(2)9-14/h4-6,8-10H,3,7,11H2,1-2H3,(H,18,19). The molecule has 0 radical (unpaired) electrons. The number of aryl methyl sites for hydroxylation is 1. The lowest BCUT2D eigenvalue weighted by Gasteiger charge is -2.09.